The molecule has 6 nitrogen and oxygen atoms in total. The van der Waals surface area contributed by atoms with Crippen LogP contribution in [0.5, 0.6) is 5.75 Å². The molecule has 0 aromatic heterocycles. The maximum Gasteiger partial charge on any atom is 0.251 e. The van der Waals surface area contributed by atoms with Crippen molar-refractivity contribution in [3.8, 4) is 5.75 Å². The Morgan fingerprint density at radius 3 is 2.48 bits per heavy atom. The van der Waals surface area contributed by atoms with Gasteiger partial charge < -0.3 is 10.4 Å². The topological polar surface area (TPSA) is 95.5 Å². The van der Waals surface area contributed by atoms with Gasteiger partial charge in [-0.05, 0) is 36.8 Å². The molecule has 0 saturated carbocycles. The number of carbonyl (C=O) groups excluding carboxylic acids is 1. The molecular weight excluding hydrogens is 316 g/mol. The summed E-state index contributed by atoms with van der Waals surface area (Å²) in [5.41, 5.74) is 1.38. The van der Waals surface area contributed by atoms with E-state index in [-0.39, 0.29) is 11.7 Å². The van der Waals surface area contributed by atoms with Gasteiger partial charge in [0, 0.05) is 5.56 Å². The normalized spacial score (nSPS) is 12.4. The van der Waals surface area contributed by atoms with Crippen LogP contribution in [0.3, 0.4) is 0 Å². The molecule has 0 heterocycles. The summed E-state index contributed by atoms with van der Waals surface area (Å²) in [6.07, 6.45) is 1.07. The Morgan fingerprint density at radius 1 is 1.13 bits per heavy atom. The predicted molar refractivity (Wildman–Crippen MR) is 88.9 cm³/mol. The highest BCUT2D eigenvalue weighted by atomic mass is 32.2. The molecule has 0 spiro atoms. The first-order valence-corrected chi connectivity index (χ1v) is 8.82. The summed E-state index contributed by atoms with van der Waals surface area (Å²) in [4.78, 5) is 12.2. The number of hydrogen-bond donors (Lipinski definition) is 3. The Kier molecular flexibility index (Phi) is 4.90. The number of rotatable bonds is 5. The molecule has 7 heteroatoms. The monoisotopic (exact) mass is 334 g/mol. The lowest BCUT2D eigenvalue weighted by Crippen LogP contribution is -2.27. The third-order valence-corrected chi connectivity index (χ3v) is 3.77. The molecule has 2 aromatic carbocycles. The van der Waals surface area contributed by atoms with Crippen LogP contribution in [0.25, 0.3) is 0 Å². The second kappa shape index (κ2) is 6.70. The smallest absolute Gasteiger partial charge is 0.251 e. The number of phenolic OH excluding ortho intramolecular Hbond substituents is 1. The summed E-state index contributed by atoms with van der Waals surface area (Å²) in [5, 5.41) is 12.2. The molecule has 0 fully saturated rings. The Balaban J connectivity index is 2.21. The average molecular weight is 334 g/mol. The lowest BCUT2D eigenvalue weighted by Gasteiger charge is -2.18. The number of aromatic hydroxyl groups is 1. The lowest BCUT2D eigenvalue weighted by molar-refractivity contribution is 0.0939. The molecule has 3 N–H and O–H groups in total. The number of benzene rings is 2. The third-order valence-electron chi connectivity index (χ3n) is 3.18. The Bertz CT molecular complexity index is 818. The molecule has 1 unspecified atom stereocenters. The van der Waals surface area contributed by atoms with E-state index in [4.69, 9.17) is 0 Å². The minimum atomic E-state index is -3.42. The molecule has 0 aliphatic heterocycles. The molecule has 23 heavy (non-hydrogen) atoms. The number of phenols is 1. The van der Waals surface area contributed by atoms with Crippen molar-refractivity contribution in [3.63, 3.8) is 0 Å². The largest absolute Gasteiger partial charge is 0.508 e. The lowest BCUT2D eigenvalue weighted by atomic mass is 10.1. The van der Waals surface area contributed by atoms with E-state index in [0.29, 0.717) is 16.8 Å². The van der Waals surface area contributed by atoms with Crippen molar-refractivity contribution < 1.29 is 18.3 Å². The number of carbonyl (C=O) groups is 1. The minimum absolute atomic E-state index is 0.00412. The van der Waals surface area contributed by atoms with E-state index in [2.05, 4.69) is 10.0 Å². The molecule has 0 aliphatic rings. The van der Waals surface area contributed by atoms with Crippen molar-refractivity contribution in [2.45, 2.75) is 13.0 Å². The second-order valence-electron chi connectivity index (χ2n) is 5.21. The molecule has 0 bridgehead atoms. The van der Waals surface area contributed by atoms with E-state index in [1.54, 1.807) is 43.3 Å². The number of hydrogen-bond acceptors (Lipinski definition) is 4. The number of amides is 1. The summed E-state index contributed by atoms with van der Waals surface area (Å²) in [5.74, 6) is -0.355. The highest BCUT2D eigenvalue weighted by Gasteiger charge is 2.16. The van der Waals surface area contributed by atoms with Gasteiger partial charge in [-0.25, -0.2) is 8.42 Å². The van der Waals surface area contributed by atoms with Crippen LogP contribution in [0.1, 0.15) is 28.9 Å². The van der Waals surface area contributed by atoms with Gasteiger partial charge in [0.15, 0.2) is 0 Å². The Labute approximate surface area is 135 Å². The average Bonchev–Trinajstić information content (AvgIpc) is 2.46. The van der Waals surface area contributed by atoms with Gasteiger partial charge in [-0.3, -0.25) is 9.52 Å². The molecule has 2 aromatic rings. The SMILES string of the molecule is CC(NC(=O)c1cccc(O)c1)c1ccccc1NS(C)(=O)=O. The van der Waals surface area contributed by atoms with Crippen LogP contribution >= 0.6 is 0 Å². The summed E-state index contributed by atoms with van der Waals surface area (Å²) in [7, 11) is -3.42. The highest BCUT2D eigenvalue weighted by molar-refractivity contribution is 7.92. The van der Waals surface area contributed by atoms with Gasteiger partial charge in [-0.2, -0.15) is 0 Å². The van der Waals surface area contributed by atoms with Gasteiger partial charge in [0.1, 0.15) is 5.75 Å². The van der Waals surface area contributed by atoms with Crippen molar-refractivity contribution in [3.05, 3.63) is 59.7 Å². The van der Waals surface area contributed by atoms with E-state index in [1.165, 1.54) is 12.1 Å². The molecule has 0 saturated heterocycles. The maximum atomic E-state index is 12.2. The summed E-state index contributed by atoms with van der Waals surface area (Å²) < 4.78 is 25.3. The zero-order chi connectivity index (χ0) is 17.0. The predicted octanol–water partition coefficient (Wildman–Crippen LogP) is 2.25. The van der Waals surface area contributed by atoms with E-state index in [0.717, 1.165) is 6.26 Å². The number of sulfonamides is 1. The molecule has 0 radical (unpaired) electrons. The Morgan fingerprint density at radius 2 is 1.83 bits per heavy atom. The second-order valence-corrected chi connectivity index (χ2v) is 6.96. The molecule has 122 valence electrons. The standard InChI is InChI=1S/C16H18N2O4S/c1-11(17-16(20)12-6-5-7-13(19)10-12)14-8-3-4-9-15(14)18-23(2,21)22/h3-11,18-19H,1-2H3,(H,17,20). The third kappa shape index (κ3) is 4.72. The van der Waals surface area contributed by atoms with Crippen molar-refractivity contribution in [2.24, 2.45) is 0 Å². The summed E-state index contributed by atoms with van der Waals surface area (Å²) in [6, 6.07) is 12.4. The number of para-hydroxylation sites is 1. The summed E-state index contributed by atoms with van der Waals surface area (Å²) >= 11 is 0. The van der Waals surface area contributed by atoms with E-state index >= 15 is 0 Å². The fourth-order valence-electron chi connectivity index (χ4n) is 2.17. The zero-order valence-corrected chi connectivity index (χ0v) is 13.6. The van der Waals surface area contributed by atoms with Crippen molar-refractivity contribution in [2.75, 3.05) is 11.0 Å². The van der Waals surface area contributed by atoms with Crippen LogP contribution in [0, 0.1) is 0 Å². The fraction of sp³-hybridized carbons (Fsp3) is 0.188. The first-order valence-electron chi connectivity index (χ1n) is 6.93. The van der Waals surface area contributed by atoms with Crippen LogP contribution in [0.2, 0.25) is 0 Å². The van der Waals surface area contributed by atoms with Gasteiger partial charge in [-0.15, -0.1) is 0 Å². The number of anilines is 1. The van der Waals surface area contributed by atoms with Gasteiger partial charge >= 0.3 is 0 Å². The van der Waals surface area contributed by atoms with Crippen LogP contribution in [-0.4, -0.2) is 25.7 Å². The summed E-state index contributed by atoms with van der Waals surface area (Å²) in [6.45, 7) is 1.75. The van der Waals surface area contributed by atoms with E-state index in [1.807, 2.05) is 0 Å². The van der Waals surface area contributed by atoms with Gasteiger partial charge in [0.05, 0.1) is 18.0 Å². The molecule has 1 amide bonds. The molecule has 2 rings (SSSR count). The number of nitrogens with one attached hydrogen (secondary N) is 2. The Hall–Kier alpha value is -2.54. The van der Waals surface area contributed by atoms with Crippen LogP contribution in [0.15, 0.2) is 48.5 Å². The van der Waals surface area contributed by atoms with Crippen LogP contribution in [-0.2, 0) is 10.0 Å². The zero-order valence-electron chi connectivity index (χ0n) is 12.8. The first kappa shape index (κ1) is 16.8. The first-order chi connectivity index (χ1) is 10.8. The fourth-order valence-corrected chi connectivity index (χ4v) is 2.76. The van der Waals surface area contributed by atoms with Gasteiger partial charge in [-0.1, -0.05) is 24.3 Å². The molecular formula is C16H18N2O4S. The van der Waals surface area contributed by atoms with Gasteiger partial charge in [0.2, 0.25) is 10.0 Å². The van der Waals surface area contributed by atoms with Gasteiger partial charge in [0.25, 0.3) is 5.91 Å². The molecule has 1 atom stereocenters. The van der Waals surface area contributed by atoms with E-state index < -0.39 is 16.1 Å². The van der Waals surface area contributed by atoms with Crippen LogP contribution in [0.4, 0.5) is 5.69 Å². The van der Waals surface area contributed by atoms with Crippen molar-refractivity contribution >= 4 is 21.6 Å². The van der Waals surface area contributed by atoms with Crippen molar-refractivity contribution in [1.82, 2.24) is 5.32 Å². The quantitative estimate of drug-likeness (QED) is 0.781. The maximum absolute atomic E-state index is 12.2. The molecule has 0 aliphatic carbocycles. The van der Waals surface area contributed by atoms with Crippen LogP contribution < -0.4 is 10.0 Å². The van der Waals surface area contributed by atoms with E-state index in [9.17, 15) is 18.3 Å². The highest BCUT2D eigenvalue weighted by Crippen LogP contribution is 2.24. The minimum Gasteiger partial charge on any atom is -0.508 e. The van der Waals surface area contributed by atoms with Crippen molar-refractivity contribution in [1.29, 1.82) is 0 Å².